The van der Waals surface area contributed by atoms with Crippen LogP contribution in [0.3, 0.4) is 0 Å². The van der Waals surface area contributed by atoms with Crippen molar-refractivity contribution < 1.29 is 0 Å². The van der Waals surface area contributed by atoms with Crippen LogP contribution in [0.15, 0.2) is 36.5 Å². The van der Waals surface area contributed by atoms with Gasteiger partial charge in [0.15, 0.2) is 0 Å². The zero-order valence-electron chi connectivity index (χ0n) is 11.9. The first-order chi connectivity index (χ1) is 9.80. The summed E-state index contributed by atoms with van der Waals surface area (Å²) < 4.78 is 0. The molecule has 2 heterocycles. The second-order valence-electron chi connectivity index (χ2n) is 4.86. The van der Waals surface area contributed by atoms with Crippen molar-refractivity contribution in [2.24, 2.45) is 0 Å². The van der Waals surface area contributed by atoms with Gasteiger partial charge in [-0.15, -0.1) is 11.3 Å². The minimum absolute atomic E-state index is 0.991. The Bertz CT molecular complexity index is 661. The van der Waals surface area contributed by atoms with E-state index in [1.807, 2.05) is 6.20 Å². The smallest absolute Gasteiger partial charge is 0.139 e. The van der Waals surface area contributed by atoms with Gasteiger partial charge in [-0.25, -0.2) is 4.98 Å². The maximum Gasteiger partial charge on any atom is 0.139 e. The van der Waals surface area contributed by atoms with Gasteiger partial charge in [-0.2, -0.15) is 0 Å². The first kappa shape index (κ1) is 13.3. The molecule has 1 aromatic carbocycles. The summed E-state index contributed by atoms with van der Waals surface area (Å²) in [7, 11) is 0. The fourth-order valence-corrected chi connectivity index (χ4v) is 3.29. The van der Waals surface area contributed by atoms with E-state index in [1.54, 1.807) is 11.3 Å². The van der Waals surface area contributed by atoms with E-state index in [-0.39, 0.29) is 0 Å². The van der Waals surface area contributed by atoms with Crippen molar-refractivity contribution in [2.45, 2.75) is 20.4 Å². The highest BCUT2D eigenvalue weighted by Gasteiger charge is 2.09. The lowest BCUT2D eigenvalue weighted by molar-refractivity contribution is 0.298. The summed E-state index contributed by atoms with van der Waals surface area (Å²) in [6.45, 7) is 7.55. The van der Waals surface area contributed by atoms with E-state index in [1.165, 1.54) is 15.8 Å². The fraction of sp³-hybridized carbons (Fsp3) is 0.312. The van der Waals surface area contributed by atoms with Gasteiger partial charge >= 0.3 is 0 Å². The predicted octanol–water partition coefficient (Wildman–Crippen LogP) is 4.13. The van der Waals surface area contributed by atoms with Gasteiger partial charge in [0, 0.05) is 28.5 Å². The van der Waals surface area contributed by atoms with Crippen LogP contribution in [-0.4, -0.2) is 28.0 Å². The molecule has 104 valence electrons. The van der Waals surface area contributed by atoms with Crippen LogP contribution in [0.25, 0.3) is 21.6 Å². The number of para-hydroxylation sites is 1. The van der Waals surface area contributed by atoms with E-state index in [0.29, 0.717) is 0 Å². The molecule has 0 radical (unpaired) electrons. The maximum absolute atomic E-state index is 4.56. The summed E-state index contributed by atoms with van der Waals surface area (Å²) in [5.41, 5.74) is 2.28. The largest absolute Gasteiger partial charge is 0.353 e. The van der Waals surface area contributed by atoms with Crippen LogP contribution in [0.2, 0.25) is 0 Å². The topological polar surface area (TPSA) is 31.9 Å². The lowest BCUT2D eigenvalue weighted by Gasteiger charge is -2.15. The van der Waals surface area contributed by atoms with Gasteiger partial charge in [0.1, 0.15) is 5.01 Å². The lowest BCUT2D eigenvalue weighted by Crippen LogP contribution is -2.21. The Labute approximate surface area is 123 Å². The summed E-state index contributed by atoms with van der Waals surface area (Å²) in [6.07, 6.45) is 2.00. The molecule has 0 unspecified atom stereocenters. The maximum atomic E-state index is 4.56. The Morgan fingerprint density at radius 1 is 1.20 bits per heavy atom. The lowest BCUT2D eigenvalue weighted by atomic mass is 10.2. The van der Waals surface area contributed by atoms with Crippen LogP contribution in [0, 0.1) is 0 Å². The highest BCUT2D eigenvalue weighted by Crippen LogP contribution is 2.28. The Hall–Kier alpha value is -1.65. The minimum atomic E-state index is 0.991. The quantitative estimate of drug-likeness (QED) is 0.764. The molecule has 0 aliphatic rings. The summed E-state index contributed by atoms with van der Waals surface area (Å²) >= 11 is 1.78. The van der Waals surface area contributed by atoms with E-state index < -0.39 is 0 Å². The number of hydrogen-bond acceptors (Lipinski definition) is 3. The number of fused-ring (bicyclic) bond motifs is 1. The van der Waals surface area contributed by atoms with Crippen molar-refractivity contribution in [3.63, 3.8) is 0 Å². The van der Waals surface area contributed by atoms with E-state index in [2.05, 4.69) is 59.0 Å². The van der Waals surface area contributed by atoms with Crippen molar-refractivity contribution in [2.75, 3.05) is 13.1 Å². The molecule has 3 aromatic rings. The molecule has 0 aliphatic heterocycles. The average molecular weight is 285 g/mol. The number of aromatic amines is 1. The number of hydrogen-bond donors (Lipinski definition) is 1. The molecule has 1 N–H and O–H groups in total. The highest BCUT2D eigenvalue weighted by atomic mass is 32.1. The third-order valence-corrected chi connectivity index (χ3v) is 4.60. The normalized spacial score (nSPS) is 11.6. The highest BCUT2D eigenvalue weighted by molar-refractivity contribution is 7.15. The Morgan fingerprint density at radius 3 is 2.75 bits per heavy atom. The summed E-state index contributed by atoms with van der Waals surface area (Å²) in [5, 5.41) is 2.31. The minimum Gasteiger partial charge on any atom is -0.353 e. The number of nitrogens with zero attached hydrogens (tertiary/aromatic N) is 2. The third kappa shape index (κ3) is 2.62. The first-order valence-corrected chi connectivity index (χ1v) is 7.87. The summed E-state index contributed by atoms with van der Waals surface area (Å²) in [5.74, 6) is 0. The molecule has 3 rings (SSSR count). The SMILES string of the molecule is CCN(CC)Cc1cnc(-c2cc3ccccc3[nH]2)s1. The molecule has 2 aromatic heterocycles. The number of nitrogens with one attached hydrogen (secondary N) is 1. The third-order valence-electron chi connectivity index (χ3n) is 3.59. The van der Waals surface area contributed by atoms with Gasteiger partial charge in [0.2, 0.25) is 0 Å². The second-order valence-corrected chi connectivity index (χ2v) is 5.98. The monoisotopic (exact) mass is 285 g/mol. The zero-order valence-corrected chi connectivity index (χ0v) is 12.7. The van der Waals surface area contributed by atoms with Gasteiger partial charge in [0.25, 0.3) is 0 Å². The van der Waals surface area contributed by atoms with E-state index >= 15 is 0 Å². The van der Waals surface area contributed by atoms with Crippen molar-refractivity contribution in [3.8, 4) is 10.7 Å². The molecular weight excluding hydrogens is 266 g/mol. The van der Waals surface area contributed by atoms with Gasteiger partial charge in [-0.1, -0.05) is 32.0 Å². The first-order valence-electron chi connectivity index (χ1n) is 7.05. The molecule has 20 heavy (non-hydrogen) atoms. The van der Waals surface area contributed by atoms with Gasteiger partial charge in [-0.3, -0.25) is 4.90 Å². The van der Waals surface area contributed by atoms with Gasteiger partial charge in [0.05, 0.1) is 5.69 Å². The Balaban J connectivity index is 1.85. The molecule has 0 atom stereocenters. The standard InChI is InChI=1S/C16H19N3S/c1-3-19(4-2)11-13-10-17-16(20-13)15-9-12-7-5-6-8-14(12)18-15/h5-10,18H,3-4,11H2,1-2H3. The molecule has 0 aliphatic carbocycles. The molecule has 0 fully saturated rings. The van der Waals surface area contributed by atoms with Crippen LogP contribution in [0.1, 0.15) is 18.7 Å². The van der Waals surface area contributed by atoms with E-state index in [0.717, 1.165) is 30.3 Å². The Kier molecular flexibility index (Phi) is 3.85. The number of thiazole rings is 1. The van der Waals surface area contributed by atoms with Crippen LogP contribution in [-0.2, 0) is 6.54 Å². The van der Waals surface area contributed by atoms with E-state index in [4.69, 9.17) is 0 Å². The molecule has 0 saturated heterocycles. The van der Waals surface area contributed by atoms with Crippen LogP contribution in [0.4, 0.5) is 0 Å². The summed E-state index contributed by atoms with van der Waals surface area (Å²) in [6, 6.07) is 10.5. The van der Waals surface area contributed by atoms with E-state index in [9.17, 15) is 0 Å². The van der Waals surface area contributed by atoms with Crippen LogP contribution < -0.4 is 0 Å². The average Bonchev–Trinajstić information content (AvgIpc) is 3.10. The number of aromatic nitrogens is 2. The van der Waals surface area contributed by atoms with Crippen molar-refractivity contribution in [3.05, 3.63) is 41.4 Å². The molecule has 0 amide bonds. The molecular formula is C16H19N3S. The van der Waals surface area contributed by atoms with Crippen LogP contribution >= 0.6 is 11.3 Å². The zero-order chi connectivity index (χ0) is 13.9. The molecule has 0 bridgehead atoms. The fourth-order valence-electron chi connectivity index (χ4n) is 2.36. The van der Waals surface area contributed by atoms with Gasteiger partial charge in [-0.05, 0) is 25.2 Å². The van der Waals surface area contributed by atoms with Gasteiger partial charge < -0.3 is 4.98 Å². The van der Waals surface area contributed by atoms with Crippen molar-refractivity contribution >= 4 is 22.2 Å². The summed E-state index contributed by atoms with van der Waals surface area (Å²) in [4.78, 5) is 11.7. The molecule has 0 spiro atoms. The molecule has 0 saturated carbocycles. The van der Waals surface area contributed by atoms with Crippen molar-refractivity contribution in [1.82, 2.24) is 14.9 Å². The van der Waals surface area contributed by atoms with Crippen molar-refractivity contribution in [1.29, 1.82) is 0 Å². The van der Waals surface area contributed by atoms with Crippen LogP contribution in [0.5, 0.6) is 0 Å². The number of rotatable bonds is 5. The second kappa shape index (κ2) is 5.77. The molecule has 3 nitrogen and oxygen atoms in total. The predicted molar refractivity (Wildman–Crippen MR) is 86.0 cm³/mol. The number of benzene rings is 1. The molecule has 4 heteroatoms. The number of H-pyrrole nitrogens is 1. The Morgan fingerprint density at radius 2 is 2.00 bits per heavy atom.